The summed E-state index contributed by atoms with van der Waals surface area (Å²) in [5.41, 5.74) is 0.418. The number of nitrogens with one attached hydrogen (secondary N) is 1. The second kappa shape index (κ2) is 5.28. The zero-order chi connectivity index (χ0) is 13.1. The maximum absolute atomic E-state index is 10.8. The van der Waals surface area contributed by atoms with Crippen LogP contribution in [-0.4, -0.2) is 14.9 Å². The molecule has 1 N–H and O–H groups in total. The summed E-state index contributed by atoms with van der Waals surface area (Å²) in [6, 6.07) is 7.15. The van der Waals surface area contributed by atoms with E-state index in [2.05, 4.69) is 31.2 Å². The number of aromatic nitrogens is 2. The number of hydrogen-bond acceptors (Lipinski definition) is 5. The van der Waals surface area contributed by atoms with Crippen LogP contribution in [0.2, 0.25) is 5.28 Å². The van der Waals surface area contributed by atoms with Gasteiger partial charge in [-0.2, -0.15) is 4.98 Å². The average molecular weight is 330 g/mol. The highest BCUT2D eigenvalue weighted by atomic mass is 79.9. The molecule has 0 bridgehead atoms. The van der Waals surface area contributed by atoms with E-state index in [-0.39, 0.29) is 16.8 Å². The SMILES string of the molecule is O=[N+]([O-])c1cnc(Cl)nc1Nc1cccc(Br)c1. The predicted octanol–water partition coefficient (Wildman–Crippen LogP) is 3.54. The number of nitro groups is 1. The largest absolute Gasteiger partial charge is 0.334 e. The van der Waals surface area contributed by atoms with Gasteiger partial charge in [-0.1, -0.05) is 22.0 Å². The first kappa shape index (κ1) is 12.7. The number of anilines is 2. The Morgan fingerprint density at radius 3 is 2.89 bits per heavy atom. The fourth-order valence-corrected chi connectivity index (χ4v) is 1.82. The van der Waals surface area contributed by atoms with Gasteiger partial charge in [0.05, 0.1) is 4.92 Å². The Hall–Kier alpha value is -1.73. The lowest BCUT2D eigenvalue weighted by Crippen LogP contribution is -2.01. The Balaban J connectivity index is 2.39. The third-order valence-corrected chi connectivity index (χ3v) is 2.70. The zero-order valence-electron chi connectivity index (χ0n) is 8.80. The molecule has 2 rings (SSSR count). The van der Waals surface area contributed by atoms with Gasteiger partial charge in [-0.05, 0) is 29.8 Å². The Kier molecular flexibility index (Phi) is 3.73. The van der Waals surface area contributed by atoms with E-state index in [1.165, 1.54) is 0 Å². The molecule has 0 radical (unpaired) electrons. The smallest absolute Gasteiger partial charge is 0.329 e. The van der Waals surface area contributed by atoms with Gasteiger partial charge in [-0.15, -0.1) is 0 Å². The van der Waals surface area contributed by atoms with Crippen LogP contribution in [-0.2, 0) is 0 Å². The lowest BCUT2D eigenvalue weighted by atomic mass is 10.3. The van der Waals surface area contributed by atoms with Crippen molar-refractivity contribution in [2.75, 3.05) is 5.32 Å². The quantitative estimate of drug-likeness (QED) is 0.529. The van der Waals surface area contributed by atoms with Gasteiger partial charge in [0.25, 0.3) is 0 Å². The molecule has 18 heavy (non-hydrogen) atoms. The first-order valence-corrected chi connectivity index (χ1v) is 5.93. The Labute approximate surface area is 115 Å². The fourth-order valence-electron chi connectivity index (χ4n) is 1.28. The highest BCUT2D eigenvalue weighted by molar-refractivity contribution is 9.10. The van der Waals surface area contributed by atoms with E-state index in [9.17, 15) is 10.1 Å². The highest BCUT2D eigenvalue weighted by Crippen LogP contribution is 2.26. The molecule has 0 aliphatic rings. The summed E-state index contributed by atoms with van der Waals surface area (Å²) < 4.78 is 0.843. The minimum absolute atomic E-state index is 0.0538. The minimum atomic E-state index is -0.573. The monoisotopic (exact) mass is 328 g/mol. The van der Waals surface area contributed by atoms with Crippen molar-refractivity contribution in [2.24, 2.45) is 0 Å². The molecule has 1 aromatic carbocycles. The van der Waals surface area contributed by atoms with Crippen molar-refractivity contribution < 1.29 is 4.92 Å². The van der Waals surface area contributed by atoms with Gasteiger partial charge < -0.3 is 5.32 Å². The first-order chi connectivity index (χ1) is 8.56. The molecule has 0 aliphatic heterocycles. The molecule has 0 atom stereocenters. The van der Waals surface area contributed by atoms with Crippen molar-refractivity contribution in [2.45, 2.75) is 0 Å². The molecule has 0 aliphatic carbocycles. The van der Waals surface area contributed by atoms with Crippen molar-refractivity contribution in [3.05, 3.63) is 50.3 Å². The summed E-state index contributed by atoms with van der Waals surface area (Å²) in [6.07, 6.45) is 1.07. The third kappa shape index (κ3) is 2.93. The second-order valence-corrected chi connectivity index (χ2v) is 4.52. The van der Waals surface area contributed by atoms with E-state index in [4.69, 9.17) is 11.6 Å². The van der Waals surface area contributed by atoms with Crippen LogP contribution in [0.4, 0.5) is 17.2 Å². The lowest BCUT2D eigenvalue weighted by molar-refractivity contribution is -0.384. The topological polar surface area (TPSA) is 81.0 Å². The zero-order valence-corrected chi connectivity index (χ0v) is 11.1. The summed E-state index contributed by atoms with van der Waals surface area (Å²) in [5, 5.41) is 13.6. The predicted molar refractivity (Wildman–Crippen MR) is 71.1 cm³/mol. The maximum Gasteiger partial charge on any atom is 0.329 e. The molecule has 0 saturated heterocycles. The lowest BCUT2D eigenvalue weighted by Gasteiger charge is -2.06. The van der Waals surface area contributed by atoms with E-state index in [0.29, 0.717) is 5.69 Å². The van der Waals surface area contributed by atoms with Gasteiger partial charge in [-0.3, -0.25) is 10.1 Å². The van der Waals surface area contributed by atoms with Crippen LogP contribution in [0.1, 0.15) is 0 Å². The van der Waals surface area contributed by atoms with Crippen LogP contribution < -0.4 is 5.32 Å². The fraction of sp³-hybridized carbons (Fsp3) is 0. The van der Waals surface area contributed by atoms with E-state index in [1.807, 2.05) is 6.07 Å². The first-order valence-electron chi connectivity index (χ1n) is 4.76. The summed E-state index contributed by atoms with van der Waals surface area (Å²) in [5.74, 6) is 0.0538. The summed E-state index contributed by atoms with van der Waals surface area (Å²) in [7, 11) is 0. The Bertz CT molecular complexity index is 608. The molecule has 0 unspecified atom stereocenters. The Morgan fingerprint density at radius 2 is 2.22 bits per heavy atom. The van der Waals surface area contributed by atoms with Gasteiger partial charge in [0.1, 0.15) is 6.20 Å². The van der Waals surface area contributed by atoms with E-state index < -0.39 is 4.92 Å². The number of rotatable bonds is 3. The second-order valence-electron chi connectivity index (χ2n) is 3.27. The van der Waals surface area contributed by atoms with Crippen molar-refractivity contribution in [3.8, 4) is 0 Å². The van der Waals surface area contributed by atoms with Crippen LogP contribution in [0.15, 0.2) is 34.9 Å². The maximum atomic E-state index is 10.8. The average Bonchev–Trinajstić information content (AvgIpc) is 2.28. The van der Waals surface area contributed by atoms with Gasteiger partial charge in [-0.25, -0.2) is 4.98 Å². The van der Waals surface area contributed by atoms with Crippen LogP contribution in [0.25, 0.3) is 0 Å². The molecule has 1 heterocycles. The van der Waals surface area contributed by atoms with Crippen molar-refractivity contribution in [3.63, 3.8) is 0 Å². The molecular formula is C10H6BrClN4O2. The van der Waals surface area contributed by atoms with Crippen molar-refractivity contribution >= 4 is 44.7 Å². The number of nitrogens with zero attached hydrogens (tertiary/aromatic N) is 3. The van der Waals surface area contributed by atoms with E-state index in [1.54, 1.807) is 18.2 Å². The molecule has 2 aromatic rings. The molecule has 0 saturated carbocycles. The van der Waals surface area contributed by atoms with E-state index in [0.717, 1.165) is 10.7 Å². The minimum Gasteiger partial charge on any atom is -0.334 e. The molecule has 0 amide bonds. The number of halogens is 2. The number of benzene rings is 1. The van der Waals surface area contributed by atoms with E-state index >= 15 is 0 Å². The number of hydrogen-bond donors (Lipinski definition) is 1. The summed E-state index contributed by atoms with van der Waals surface area (Å²) >= 11 is 8.93. The van der Waals surface area contributed by atoms with Crippen molar-refractivity contribution in [1.82, 2.24) is 9.97 Å². The highest BCUT2D eigenvalue weighted by Gasteiger charge is 2.16. The van der Waals surface area contributed by atoms with Gasteiger partial charge in [0.2, 0.25) is 11.1 Å². The molecule has 0 spiro atoms. The molecule has 92 valence electrons. The summed E-state index contributed by atoms with van der Waals surface area (Å²) in [4.78, 5) is 17.6. The van der Waals surface area contributed by atoms with Gasteiger partial charge >= 0.3 is 5.69 Å². The third-order valence-electron chi connectivity index (χ3n) is 2.02. The van der Waals surface area contributed by atoms with Crippen LogP contribution in [0, 0.1) is 10.1 Å². The van der Waals surface area contributed by atoms with Crippen molar-refractivity contribution in [1.29, 1.82) is 0 Å². The standard InChI is InChI=1S/C10H6BrClN4O2/c11-6-2-1-3-7(4-6)14-9-8(16(17)18)5-13-10(12)15-9/h1-5H,(H,13,14,15). The molecule has 1 aromatic heterocycles. The van der Waals surface area contributed by atoms with Gasteiger partial charge in [0.15, 0.2) is 0 Å². The summed E-state index contributed by atoms with van der Waals surface area (Å²) in [6.45, 7) is 0. The Morgan fingerprint density at radius 1 is 1.44 bits per heavy atom. The van der Waals surface area contributed by atoms with Crippen LogP contribution in [0.5, 0.6) is 0 Å². The molecular weight excluding hydrogens is 323 g/mol. The normalized spacial score (nSPS) is 10.1. The van der Waals surface area contributed by atoms with Gasteiger partial charge in [0, 0.05) is 10.2 Å². The van der Waals surface area contributed by atoms with Crippen LogP contribution in [0.3, 0.4) is 0 Å². The molecule has 8 heteroatoms. The molecule has 0 fully saturated rings. The molecule has 6 nitrogen and oxygen atoms in total. The van der Waals surface area contributed by atoms with Crippen LogP contribution >= 0.6 is 27.5 Å².